The maximum Gasteiger partial charge on any atom is 0.389 e. The standard InChI is InChI=1S/C23H34F4O/c1-2-3-4-5-6-8-18-9-11-19(12-10-18)20-13-14-22(21(24)17-20)28-16-7-15-23(25,26)27/h13-14,17-19H,2-12,15-16H2,1H3. The predicted molar refractivity (Wildman–Crippen MR) is 105 cm³/mol. The molecule has 2 rings (SSSR count). The maximum atomic E-state index is 14.3. The molecule has 0 unspecified atom stereocenters. The zero-order valence-electron chi connectivity index (χ0n) is 17.0. The van der Waals surface area contributed by atoms with Crippen molar-refractivity contribution in [1.29, 1.82) is 0 Å². The molecule has 0 bridgehead atoms. The van der Waals surface area contributed by atoms with E-state index in [2.05, 4.69) is 6.92 Å². The molecule has 1 nitrogen and oxygen atoms in total. The first kappa shape index (κ1) is 23.0. The molecule has 0 heterocycles. The molecule has 0 spiro atoms. The first-order valence-electron chi connectivity index (χ1n) is 10.9. The molecule has 1 fully saturated rings. The van der Waals surface area contributed by atoms with Gasteiger partial charge in [0.2, 0.25) is 0 Å². The van der Waals surface area contributed by atoms with Crippen molar-refractivity contribution in [2.24, 2.45) is 5.92 Å². The number of alkyl halides is 3. The van der Waals surface area contributed by atoms with Crippen LogP contribution in [-0.4, -0.2) is 12.8 Å². The lowest BCUT2D eigenvalue weighted by molar-refractivity contribution is -0.136. The average Bonchev–Trinajstić information content (AvgIpc) is 2.66. The van der Waals surface area contributed by atoms with E-state index in [0.717, 1.165) is 24.3 Å². The number of unbranched alkanes of at least 4 members (excludes halogenated alkanes) is 4. The fourth-order valence-electron chi connectivity index (χ4n) is 4.16. The summed E-state index contributed by atoms with van der Waals surface area (Å²) >= 11 is 0. The van der Waals surface area contributed by atoms with E-state index >= 15 is 0 Å². The van der Waals surface area contributed by atoms with Gasteiger partial charge in [0, 0.05) is 6.42 Å². The van der Waals surface area contributed by atoms with Crippen LogP contribution in [0.5, 0.6) is 5.75 Å². The molecule has 28 heavy (non-hydrogen) atoms. The Morgan fingerprint density at radius 2 is 1.68 bits per heavy atom. The SMILES string of the molecule is CCCCCCCC1CCC(c2ccc(OCCCC(F)(F)F)c(F)c2)CC1. The number of ether oxygens (including phenoxy) is 1. The Balaban J connectivity index is 1.72. The molecule has 1 aromatic carbocycles. The van der Waals surface area contributed by atoms with Gasteiger partial charge in [-0.05, 0) is 61.6 Å². The van der Waals surface area contributed by atoms with E-state index in [1.165, 1.54) is 57.4 Å². The van der Waals surface area contributed by atoms with Crippen molar-refractivity contribution in [1.82, 2.24) is 0 Å². The second-order valence-corrected chi connectivity index (χ2v) is 8.18. The Hall–Kier alpha value is -1.26. The number of benzene rings is 1. The van der Waals surface area contributed by atoms with Crippen molar-refractivity contribution in [2.45, 2.75) is 96.1 Å². The maximum absolute atomic E-state index is 14.3. The lowest BCUT2D eigenvalue weighted by atomic mass is 9.77. The summed E-state index contributed by atoms with van der Waals surface area (Å²) < 4.78 is 55.9. The molecule has 0 aromatic heterocycles. The van der Waals surface area contributed by atoms with E-state index in [9.17, 15) is 17.6 Å². The molecule has 0 atom stereocenters. The summed E-state index contributed by atoms with van der Waals surface area (Å²) in [7, 11) is 0. The van der Waals surface area contributed by atoms with Crippen molar-refractivity contribution in [3.05, 3.63) is 29.6 Å². The predicted octanol–water partition coefficient (Wildman–Crippen LogP) is 8.18. The summed E-state index contributed by atoms with van der Waals surface area (Å²) in [5.74, 6) is 0.762. The smallest absolute Gasteiger partial charge is 0.389 e. The number of rotatable bonds is 11. The summed E-state index contributed by atoms with van der Waals surface area (Å²) in [6.07, 6.45) is 7.25. The third kappa shape index (κ3) is 8.40. The summed E-state index contributed by atoms with van der Waals surface area (Å²) in [6.45, 7) is 2.11. The molecule has 1 aromatic rings. The summed E-state index contributed by atoms with van der Waals surface area (Å²) in [5, 5.41) is 0. The van der Waals surface area contributed by atoms with E-state index in [4.69, 9.17) is 4.74 Å². The number of halogens is 4. The van der Waals surface area contributed by atoms with Gasteiger partial charge in [-0.25, -0.2) is 4.39 Å². The quantitative estimate of drug-likeness (QED) is 0.268. The Kier molecular flexibility index (Phi) is 9.60. The minimum Gasteiger partial charge on any atom is -0.491 e. The lowest BCUT2D eigenvalue weighted by Gasteiger charge is -2.29. The minimum absolute atomic E-state index is 0.0479. The van der Waals surface area contributed by atoms with Crippen LogP contribution < -0.4 is 4.74 Å². The molecule has 0 amide bonds. The fourth-order valence-corrected chi connectivity index (χ4v) is 4.16. The first-order chi connectivity index (χ1) is 13.4. The first-order valence-corrected chi connectivity index (χ1v) is 10.9. The molecular weight excluding hydrogens is 368 g/mol. The van der Waals surface area contributed by atoms with Gasteiger partial charge in [-0.2, -0.15) is 13.2 Å². The highest BCUT2D eigenvalue weighted by atomic mass is 19.4. The third-order valence-corrected chi connectivity index (χ3v) is 5.85. The van der Waals surface area contributed by atoms with Gasteiger partial charge in [0.1, 0.15) is 0 Å². The molecular formula is C23H34F4O. The number of hydrogen-bond acceptors (Lipinski definition) is 1. The van der Waals surface area contributed by atoms with Gasteiger partial charge in [0.15, 0.2) is 11.6 Å². The van der Waals surface area contributed by atoms with Gasteiger partial charge >= 0.3 is 6.18 Å². The highest BCUT2D eigenvalue weighted by Crippen LogP contribution is 2.38. The largest absolute Gasteiger partial charge is 0.491 e. The Morgan fingerprint density at radius 1 is 0.964 bits per heavy atom. The second kappa shape index (κ2) is 11.7. The van der Waals surface area contributed by atoms with Gasteiger partial charge < -0.3 is 4.74 Å². The molecule has 0 aliphatic heterocycles. The Bertz CT molecular complexity index is 562. The van der Waals surface area contributed by atoms with Crippen molar-refractivity contribution >= 4 is 0 Å². The molecule has 1 saturated carbocycles. The van der Waals surface area contributed by atoms with Gasteiger partial charge in [-0.15, -0.1) is 0 Å². The van der Waals surface area contributed by atoms with E-state index in [0.29, 0.717) is 5.92 Å². The van der Waals surface area contributed by atoms with Crippen LogP contribution >= 0.6 is 0 Å². The summed E-state index contributed by atoms with van der Waals surface area (Å²) in [4.78, 5) is 0. The van der Waals surface area contributed by atoms with Crippen molar-refractivity contribution in [3.8, 4) is 5.75 Å². The van der Waals surface area contributed by atoms with Crippen molar-refractivity contribution in [2.75, 3.05) is 6.61 Å². The van der Waals surface area contributed by atoms with E-state index in [1.54, 1.807) is 6.07 Å². The second-order valence-electron chi connectivity index (χ2n) is 8.18. The molecule has 1 aliphatic carbocycles. The van der Waals surface area contributed by atoms with Crippen molar-refractivity contribution < 1.29 is 22.3 Å². The molecule has 0 N–H and O–H groups in total. The van der Waals surface area contributed by atoms with E-state index in [1.807, 2.05) is 6.07 Å². The van der Waals surface area contributed by atoms with Crippen molar-refractivity contribution in [3.63, 3.8) is 0 Å². The van der Waals surface area contributed by atoms with Gasteiger partial charge in [-0.1, -0.05) is 51.5 Å². The molecule has 0 radical (unpaired) electrons. The summed E-state index contributed by atoms with van der Waals surface area (Å²) in [5.41, 5.74) is 0.988. The van der Waals surface area contributed by atoms with E-state index in [-0.39, 0.29) is 18.8 Å². The zero-order chi connectivity index (χ0) is 20.4. The Morgan fingerprint density at radius 3 is 2.32 bits per heavy atom. The van der Waals surface area contributed by atoms with E-state index < -0.39 is 18.4 Å². The van der Waals surface area contributed by atoms with Crippen LogP contribution in [0.1, 0.15) is 95.5 Å². The molecule has 5 heteroatoms. The highest BCUT2D eigenvalue weighted by Gasteiger charge is 2.26. The zero-order valence-corrected chi connectivity index (χ0v) is 17.0. The fraction of sp³-hybridized carbons (Fsp3) is 0.739. The Labute approximate surface area is 166 Å². The molecule has 0 saturated heterocycles. The lowest BCUT2D eigenvalue weighted by Crippen LogP contribution is -2.14. The van der Waals surface area contributed by atoms with Crippen LogP contribution in [0.4, 0.5) is 17.6 Å². The van der Waals surface area contributed by atoms with Gasteiger partial charge in [0.25, 0.3) is 0 Å². The van der Waals surface area contributed by atoms with Crippen LogP contribution in [0.2, 0.25) is 0 Å². The normalized spacial score (nSPS) is 20.3. The van der Waals surface area contributed by atoms with Crippen LogP contribution in [0.3, 0.4) is 0 Å². The van der Waals surface area contributed by atoms with Crippen LogP contribution in [0.15, 0.2) is 18.2 Å². The minimum atomic E-state index is -4.19. The van der Waals surface area contributed by atoms with Gasteiger partial charge in [0.05, 0.1) is 6.61 Å². The van der Waals surface area contributed by atoms with Crippen LogP contribution in [-0.2, 0) is 0 Å². The average molecular weight is 403 g/mol. The molecule has 160 valence electrons. The highest BCUT2D eigenvalue weighted by molar-refractivity contribution is 5.31. The van der Waals surface area contributed by atoms with Crippen LogP contribution in [0.25, 0.3) is 0 Å². The topological polar surface area (TPSA) is 9.23 Å². The van der Waals surface area contributed by atoms with Gasteiger partial charge in [-0.3, -0.25) is 0 Å². The monoisotopic (exact) mass is 402 g/mol. The number of hydrogen-bond donors (Lipinski definition) is 0. The third-order valence-electron chi connectivity index (χ3n) is 5.85. The molecule has 1 aliphatic rings. The van der Waals surface area contributed by atoms with Crippen LogP contribution in [0, 0.1) is 11.7 Å². The summed E-state index contributed by atoms with van der Waals surface area (Å²) in [6, 6.07) is 4.95.